The normalized spacial score (nSPS) is 17.3. The molecule has 0 aromatic carbocycles. The summed E-state index contributed by atoms with van der Waals surface area (Å²) in [5, 5.41) is 0. The molecule has 1 aliphatic rings. The second-order valence-electron chi connectivity index (χ2n) is 7.34. The summed E-state index contributed by atoms with van der Waals surface area (Å²) in [6, 6.07) is 0. The van der Waals surface area contributed by atoms with Gasteiger partial charge in [-0.15, -0.1) is 0 Å². The van der Waals surface area contributed by atoms with Gasteiger partial charge in [-0.05, 0) is 54.4 Å². The third kappa shape index (κ3) is 8.17. The van der Waals surface area contributed by atoms with E-state index in [-0.39, 0.29) is 33.5 Å². The van der Waals surface area contributed by atoms with Crippen molar-refractivity contribution >= 4 is 10.0 Å². The van der Waals surface area contributed by atoms with Crippen LogP contribution in [0.15, 0.2) is 0 Å². The number of hydrogen-bond acceptors (Lipinski definition) is 3. The summed E-state index contributed by atoms with van der Waals surface area (Å²) in [5.41, 5.74) is -0.934. The molecule has 1 saturated carbocycles. The fraction of sp³-hybridized carbons (Fsp3) is 1.00. The van der Waals surface area contributed by atoms with E-state index in [1.807, 2.05) is 41.5 Å². The van der Waals surface area contributed by atoms with Gasteiger partial charge in [0.2, 0.25) is 10.0 Å². The average Bonchev–Trinajstić information content (AvgIpc) is 2.74. The molecule has 1 fully saturated rings. The lowest BCUT2D eigenvalue weighted by atomic mass is 10.1. The van der Waals surface area contributed by atoms with Crippen LogP contribution in [0.25, 0.3) is 0 Å². The largest absolute Gasteiger partial charge is 0.368 e. The molecular formula is C16H39NO3S. The maximum absolute atomic E-state index is 11.9. The molecule has 0 bridgehead atoms. The third-order valence-corrected chi connectivity index (χ3v) is 4.39. The van der Waals surface area contributed by atoms with Crippen LogP contribution in [0.4, 0.5) is 0 Å². The molecule has 0 heterocycles. The zero-order chi connectivity index (χ0) is 14.4. The van der Waals surface area contributed by atoms with E-state index in [9.17, 15) is 8.42 Å². The first-order valence-corrected chi connectivity index (χ1v) is 8.28. The molecule has 132 valence electrons. The van der Waals surface area contributed by atoms with Crippen molar-refractivity contribution in [2.45, 2.75) is 93.4 Å². The summed E-state index contributed by atoms with van der Waals surface area (Å²) < 4.78 is 31.4. The van der Waals surface area contributed by atoms with E-state index in [0.29, 0.717) is 6.54 Å². The highest BCUT2D eigenvalue weighted by atomic mass is 32.2. The number of nitrogens with zero attached hydrogens (tertiary/aromatic N) is 1. The molecule has 0 aromatic heterocycles. The van der Waals surface area contributed by atoms with Gasteiger partial charge < -0.3 is 4.74 Å². The van der Waals surface area contributed by atoms with E-state index in [0.717, 1.165) is 12.8 Å². The van der Waals surface area contributed by atoms with E-state index in [4.69, 9.17) is 4.74 Å². The highest BCUT2D eigenvalue weighted by Crippen LogP contribution is 2.44. The maximum Gasteiger partial charge on any atom is 0.211 e. The second kappa shape index (κ2) is 7.42. The van der Waals surface area contributed by atoms with Crippen molar-refractivity contribution in [3.63, 3.8) is 0 Å². The second-order valence-corrected chi connectivity index (χ2v) is 9.24. The highest BCUT2D eigenvalue weighted by Gasteiger charge is 2.50. The summed E-state index contributed by atoms with van der Waals surface area (Å²) in [6.45, 7) is 12.2. The van der Waals surface area contributed by atoms with E-state index in [1.54, 1.807) is 4.31 Å². The number of hydrogen-bond donors (Lipinski definition) is 0. The first kappa shape index (κ1) is 25.8. The van der Waals surface area contributed by atoms with Crippen molar-refractivity contribution in [1.82, 2.24) is 4.31 Å². The lowest BCUT2D eigenvalue weighted by Crippen LogP contribution is -2.50. The van der Waals surface area contributed by atoms with Gasteiger partial charge in [0.05, 0.1) is 17.5 Å². The minimum atomic E-state index is -3.22. The topological polar surface area (TPSA) is 46.6 Å². The van der Waals surface area contributed by atoms with E-state index >= 15 is 0 Å². The number of ether oxygens (including phenoxy) is 1. The van der Waals surface area contributed by atoms with Crippen LogP contribution in [0.1, 0.15) is 76.7 Å². The van der Waals surface area contributed by atoms with Crippen molar-refractivity contribution in [2.24, 2.45) is 0 Å². The molecule has 0 unspecified atom stereocenters. The van der Waals surface area contributed by atoms with Gasteiger partial charge in [-0.2, -0.15) is 4.31 Å². The van der Waals surface area contributed by atoms with Crippen LogP contribution in [0, 0.1) is 0 Å². The first-order chi connectivity index (χ1) is 7.75. The minimum absolute atomic E-state index is 0. The molecule has 4 nitrogen and oxygen atoms in total. The Morgan fingerprint density at radius 1 is 1.00 bits per heavy atom. The maximum atomic E-state index is 11.9. The Morgan fingerprint density at radius 2 is 1.38 bits per heavy atom. The molecule has 0 spiro atoms. The summed E-state index contributed by atoms with van der Waals surface area (Å²) in [6.07, 6.45) is 3.14. The summed E-state index contributed by atoms with van der Waals surface area (Å²) in [7, 11) is -3.22. The van der Waals surface area contributed by atoms with Gasteiger partial charge in [-0.1, -0.05) is 22.3 Å². The lowest BCUT2D eigenvalue weighted by molar-refractivity contribution is -0.0859. The molecule has 0 atom stereocenters. The van der Waals surface area contributed by atoms with Crippen molar-refractivity contribution in [3.8, 4) is 0 Å². The Morgan fingerprint density at radius 3 is 1.57 bits per heavy atom. The Kier molecular flexibility index (Phi) is 9.12. The fourth-order valence-electron chi connectivity index (χ4n) is 2.20. The molecule has 21 heavy (non-hydrogen) atoms. The summed E-state index contributed by atoms with van der Waals surface area (Å²) >= 11 is 0. The van der Waals surface area contributed by atoms with Gasteiger partial charge in [0.25, 0.3) is 0 Å². The molecule has 0 saturated heterocycles. The Balaban J connectivity index is -0.00000108. The van der Waals surface area contributed by atoms with Gasteiger partial charge in [0.1, 0.15) is 0 Å². The van der Waals surface area contributed by atoms with E-state index in [2.05, 4.69) is 0 Å². The van der Waals surface area contributed by atoms with Crippen LogP contribution < -0.4 is 0 Å². The van der Waals surface area contributed by atoms with Crippen molar-refractivity contribution in [3.05, 3.63) is 0 Å². The van der Waals surface area contributed by atoms with Gasteiger partial charge in [0.15, 0.2) is 0 Å². The monoisotopic (exact) mass is 325 g/mol. The molecule has 1 rings (SSSR count). The van der Waals surface area contributed by atoms with Crippen LogP contribution >= 0.6 is 0 Å². The van der Waals surface area contributed by atoms with Crippen LogP contribution in [-0.2, 0) is 14.8 Å². The van der Waals surface area contributed by atoms with Crippen molar-refractivity contribution in [2.75, 3.05) is 12.8 Å². The summed E-state index contributed by atoms with van der Waals surface area (Å²) in [5.74, 6) is 0. The Bertz CT molecular complexity index is 398. The molecular weight excluding hydrogens is 286 g/mol. The minimum Gasteiger partial charge on any atom is -0.368 e. The summed E-state index contributed by atoms with van der Waals surface area (Å²) in [4.78, 5) is 0. The van der Waals surface area contributed by atoms with Crippen LogP contribution in [0.2, 0.25) is 0 Å². The Labute approximate surface area is 134 Å². The van der Waals surface area contributed by atoms with Crippen LogP contribution in [-0.4, -0.2) is 42.3 Å². The smallest absolute Gasteiger partial charge is 0.211 e. The van der Waals surface area contributed by atoms with Crippen LogP contribution in [0.3, 0.4) is 0 Å². The molecule has 0 aromatic rings. The number of rotatable bonds is 4. The molecule has 0 aliphatic heterocycles. The predicted octanol–water partition coefficient (Wildman–Crippen LogP) is 4.30. The molecule has 0 amide bonds. The van der Waals surface area contributed by atoms with E-state index < -0.39 is 15.6 Å². The van der Waals surface area contributed by atoms with Gasteiger partial charge in [-0.25, -0.2) is 8.42 Å². The zero-order valence-electron chi connectivity index (χ0n) is 12.7. The Hall–Kier alpha value is -0.130. The van der Waals surface area contributed by atoms with E-state index in [1.165, 1.54) is 6.26 Å². The first-order valence-electron chi connectivity index (χ1n) is 6.43. The zero-order valence-corrected chi connectivity index (χ0v) is 13.5. The number of sulfonamides is 1. The van der Waals surface area contributed by atoms with Crippen molar-refractivity contribution < 1.29 is 13.2 Å². The fourth-order valence-corrected chi connectivity index (χ4v) is 3.66. The van der Waals surface area contributed by atoms with Gasteiger partial charge in [-0.3, -0.25) is 0 Å². The predicted molar refractivity (Wildman–Crippen MR) is 94.3 cm³/mol. The highest BCUT2D eigenvalue weighted by molar-refractivity contribution is 7.88. The molecule has 5 heteroatoms. The lowest BCUT2D eigenvalue weighted by Gasteiger charge is -2.38. The molecule has 0 N–H and O–H groups in total. The quantitative estimate of drug-likeness (QED) is 0.774. The van der Waals surface area contributed by atoms with Crippen LogP contribution in [0.5, 0.6) is 0 Å². The van der Waals surface area contributed by atoms with Gasteiger partial charge >= 0.3 is 0 Å². The third-order valence-electron chi connectivity index (χ3n) is 2.91. The van der Waals surface area contributed by atoms with Crippen molar-refractivity contribution in [1.29, 1.82) is 0 Å². The SMILES string of the molecule is C.C.C.CC(C)(C)OC1(CN(C(C)(C)C)S(C)(=O)=O)CC1. The average molecular weight is 326 g/mol. The molecule has 1 aliphatic carbocycles. The standard InChI is InChI=1S/C13H27NO3S.3CH4/c1-11(2,3)14(18(7,15)16)10-13(8-9-13)17-12(4,5)6;;;/h8-10H2,1-7H3;3*1H4. The molecule has 0 radical (unpaired) electrons. The van der Waals surface area contributed by atoms with Gasteiger partial charge in [0, 0.05) is 12.1 Å².